The fourth-order valence-corrected chi connectivity index (χ4v) is 6.78. The zero-order valence-electron chi connectivity index (χ0n) is 19.4. The van der Waals surface area contributed by atoms with Crippen LogP contribution in [-0.4, -0.2) is 47.2 Å². The van der Waals surface area contributed by atoms with Crippen LogP contribution in [0, 0.1) is 17.8 Å². The van der Waals surface area contributed by atoms with Gasteiger partial charge in [-0.1, -0.05) is 48.5 Å². The Morgan fingerprint density at radius 1 is 1.00 bits per heavy atom. The van der Waals surface area contributed by atoms with Gasteiger partial charge in [-0.25, -0.2) is 4.90 Å². The van der Waals surface area contributed by atoms with E-state index in [0.717, 1.165) is 11.1 Å². The Bertz CT molecular complexity index is 1260. The third-order valence-corrected chi connectivity index (χ3v) is 8.07. The number of fused-ring (bicyclic) bond motifs is 4. The summed E-state index contributed by atoms with van der Waals surface area (Å²) in [6, 6.07) is 18.0. The predicted octanol–water partition coefficient (Wildman–Crippen LogP) is 3.07. The number of imide groups is 1. The van der Waals surface area contributed by atoms with Crippen molar-refractivity contribution in [3.8, 4) is 0 Å². The lowest BCUT2D eigenvalue weighted by molar-refractivity contribution is -0.164. The average molecular weight is 471 g/mol. The molecule has 0 N–H and O–H groups in total. The van der Waals surface area contributed by atoms with E-state index in [-0.39, 0.29) is 36.5 Å². The number of ether oxygens (including phenoxy) is 1. The van der Waals surface area contributed by atoms with Crippen LogP contribution in [0.2, 0.25) is 0 Å². The van der Waals surface area contributed by atoms with E-state index in [0.29, 0.717) is 18.7 Å². The maximum Gasteiger partial charge on any atom is 0.327 e. The molecule has 6 rings (SSSR count). The number of carbonyl (C=O) groups excluding carboxylic acids is 4. The summed E-state index contributed by atoms with van der Waals surface area (Å²) in [4.78, 5) is 57.5. The van der Waals surface area contributed by atoms with Crippen LogP contribution in [0.4, 0.5) is 5.69 Å². The lowest BCUT2D eigenvalue weighted by atomic mass is 9.71. The van der Waals surface area contributed by atoms with Gasteiger partial charge in [-0.2, -0.15) is 0 Å². The molecule has 5 atom stereocenters. The van der Waals surface area contributed by atoms with Crippen LogP contribution < -0.4 is 4.90 Å². The Morgan fingerprint density at radius 3 is 2.37 bits per heavy atom. The van der Waals surface area contributed by atoms with Gasteiger partial charge in [0.1, 0.15) is 5.54 Å². The van der Waals surface area contributed by atoms with E-state index in [1.54, 1.807) is 37.3 Å². The standard InChI is InChI=1S/C28H26N2O5/c1-2-35-27(34)28-15-18-13-21(31)14-19(18)16-29(28)24(17-9-5-3-6-10-17)22-23(28)26(33)30(25(22)32)20-11-7-4-8-12-20/h3-12,14,18,22-24H,2,13,15-16H2,1H3/t18-,22-,23-,24-,28-/m1/s1. The molecule has 2 aromatic rings. The Balaban J connectivity index is 1.56. The Kier molecular flexibility index (Phi) is 5.00. The molecule has 3 aliphatic heterocycles. The minimum absolute atomic E-state index is 0.0396. The van der Waals surface area contributed by atoms with Crippen molar-refractivity contribution < 1.29 is 23.9 Å². The van der Waals surface area contributed by atoms with Crippen molar-refractivity contribution >= 4 is 29.3 Å². The van der Waals surface area contributed by atoms with E-state index in [4.69, 9.17) is 4.74 Å². The third kappa shape index (κ3) is 3.01. The van der Waals surface area contributed by atoms with Crippen LogP contribution in [0.25, 0.3) is 0 Å². The van der Waals surface area contributed by atoms with Gasteiger partial charge < -0.3 is 4.74 Å². The summed E-state index contributed by atoms with van der Waals surface area (Å²) < 4.78 is 5.61. The minimum atomic E-state index is -1.32. The zero-order valence-corrected chi connectivity index (χ0v) is 19.4. The van der Waals surface area contributed by atoms with Gasteiger partial charge >= 0.3 is 5.97 Å². The van der Waals surface area contributed by atoms with Gasteiger partial charge in [0.2, 0.25) is 11.8 Å². The summed E-state index contributed by atoms with van der Waals surface area (Å²) in [6.45, 7) is 2.26. The number of anilines is 1. The summed E-state index contributed by atoms with van der Waals surface area (Å²) in [7, 11) is 0. The van der Waals surface area contributed by atoms with E-state index in [1.807, 2.05) is 41.3 Å². The summed E-state index contributed by atoms with van der Waals surface area (Å²) in [6.07, 6.45) is 2.29. The van der Waals surface area contributed by atoms with Gasteiger partial charge in [0.25, 0.3) is 0 Å². The molecule has 0 spiro atoms. The summed E-state index contributed by atoms with van der Waals surface area (Å²) in [5.41, 5.74) is 1.02. The molecule has 2 amide bonds. The maximum absolute atomic E-state index is 14.1. The lowest BCUT2D eigenvalue weighted by Crippen LogP contribution is -2.62. The molecule has 3 fully saturated rings. The topological polar surface area (TPSA) is 84.0 Å². The lowest BCUT2D eigenvalue weighted by Gasteiger charge is -2.47. The van der Waals surface area contributed by atoms with E-state index in [9.17, 15) is 19.2 Å². The minimum Gasteiger partial charge on any atom is -0.465 e. The van der Waals surface area contributed by atoms with E-state index < -0.39 is 29.4 Å². The zero-order chi connectivity index (χ0) is 24.3. The fraction of sp³-hybridized carbons (Fsp3) is 0.357. The van der Waals surface area contributed by atoms with Gasteiger partial charge in [0, 0.05) is 19.0 Å². The quantitative estimate of drug-likeness (QED) is 0.505. The first-order chi connectivity index (χ1) is 17.0. The highest BCUT2D eigenvalue weighted by atomic mass is 16.5. The molecule has 0 saturated carbocycles. The van der Waals surface area contributed by atoms with Gasteiger partial charge in [-0.15, -0.1) is 0 Å². The number of carbonyl (C=O) groups is 4. The molecular weight excluding hydrogens is 444 g/mol. The van der Waals surface area contributed by atoms with Crippen molar-refractivity contribution in [3.05, 3.63) is 77.9 Å². The van der Waals surface area contributed by atoms with Crippen molar-refractivity contribution in [3.63, 3.8) is 0 Å². The smallest absolute Gasteiger partial charge is 0.327 e. The SMILES string of the molecule is CCOC(=O)[C@]12C[C@H]3CC(=O)C=C3CN1[C@H](c1ccccc1)[C@@H]1C(=O)N(c3ccccc3)C(=O)[C@@H]12. The summed E-state index contributed by atoms with van der Waals surface area (Å²) in [5, 5.41) is 0. The van der Waals surface area contributed by atoms with E-state index in [1.165, 1.54) is 4.90 Å². The van der Waals surface area contributed by atoms with Crippen LogP contribution in [0.3, 0.4) is 0 Å². The molecule has 4 aliphatic rings. The molecule has 0 radical (unpaired) electrons. The number of para-hydroxylation sites is 1. The number of amides is 2. The molecule has 0 aromatic heterocycles. The molecular formula is C28H26N2O5. The molecule has 7 heteroatoms. The first kappa shape index (κ1) is 21.9. The maximum atomic E-state index is 14.1. The highest BCUT2D eigenvalue weighted by Gasteiger charge is 2.74. The number of hydrogen-bond acceptors (Lipinski definition) is 6. The van der Waals surface area contributed by atoms with Gasteiger partial charge in [-0.05, 0) is 48.6 Å². The number of ketones is 1. The second-order valence-corrected chi connectivity index (χ2v) is 9.77. The van der Waals surface area contributed by atoms with E-state index in [2.05, 4.69) is 0 Å². The number of rotatable bonds is 4. The highest BCUT2D eigenvalue weighted by Crippen LogP contribution is 2.61. The fourth-order valence-electron chi connectivity index (χ4n) is 6.78. The van der Waals surface area contributed by atoms with Crippen LogP contribution in [0.1, 0.15) is 31.4 Å². The summed E-state index contributed by atoms with van der Waals surface area (Å²) >= 11 is 0. The van der Waals surface area contributed by atoms with Crippen LogP contribution >= 0.6 is 0 Å². The number of piperidine rings is 1. The number of hydrogen-bond donors (Lipinski definition) is 0. The second-order valence-electron chi connectivity index (χ2n) is 9.77. The van der Waals surface area contributed by atoms with Gasteiger partial charge in [0.05, 0.1) is 24.1 Å². The normalized spacial score (nSPS) is 31.7. The molecule has 178 valence electrons. The van der Waals surface area contributed by atoms with Crippen molar-refractivity contribution in [1.29, 1.82) is 0 Å². The molecule has 35 heavy (non-hydrogen) atoms. The number of benzene rings is 2. The van der Waals surface area contributed by atoms with Gasteiger partial charge in [-0.3, -0.25) is 24.1 Å². The van der Waals surface area contributed by atoms with Crippen LogP contribution in [0.5, 0.6) is 0 Å². The Labute approximate surface area is 203 Å². The molecule has 0 bridgehead atoms. The Morgan fingerprint density at radius 2 is 1.69 bits per heavy atom. The van der Waals surface area contributed by atoms with Crippen molar-refractivity contribution in [2.24, 2.45) is 17.8 Å². The molecule has 3 heterocycles. The molecule has 1 aliphatic carbocycles. The molecule has 7 nitrogen and oxygen atoms in total. The number of allylic oxidation sites excluding steroid dienone is 1. The average Bonchev–Trinajstić information content (AvgIpc) is 3.46. The predicted molar refractivity (Wildman–Crippen MR) is 127 cm³/mol. The van der Waals surface area contributed by atoms with Crippen molar-refractivity contribution in [2.75, 3.05) is 18.1 Å². The van der Waals surface area contributed by atoms with Crippen LogP contribution in [0.15, 0.2) is 72.3 Å². The first-order valence-corrected chi connectivity index (χ1v) is 12.1. The van der Waals surface area contributed by atoms with Gasteiger partial charge in [0.15, 0.2) is 5.78 Å². The monoisotopic (exact) mass is 470 g/mol. The van der Waals surface area contributed by atoms with E-state index >= 15 is 0 Å². The molecule has 3 saturated heterocycles. The number of nitrogens with zero attached hydrogens (tertiary/aromatic N) is 2. The van der Waals surface area contributed by atoms with Crippen molar-refractivity contribution in [2.45, 2.75) is 31.3 Å². The largest absolute Gasteiger partial charge is 0.465 e. The van der Waals surface area contributed by atoms with Crippen LogP contribution in [-0.2, 0) is 23.9 Å². The second kappa shape index (κ2) is 7.99. The molecule has 0 unspecified atom stereocenters. The number of esters is 1. The summed E-state index contributed by atoms with van der Waals surface area (Å²) in [5.74, 6) is -2.87. The Hall–Kier alpha value is -3.58. The molecule has 2 aromatic carbocycles. The van der Waals surface area contributed by atoms with Crippen molar-refractivity contribution in [1.82, 2.24) is 4.90 Å². The third-order valence-electron chi connectivity index (χ3n) is 8.07. The highest BCUT2D eigenvalue weighted by molar-refractivity contribution is 6.24. The first-order valence-electron chi connectivity index (χ1n) is 12.1.